The summed E-state index contributed by atoms with van der Waals surface area (Å²) in [6.07, 6.45) is 0.824. The molecule has 0 aliphatic carbocycles. The first-order valence-corrected chi connectivity index (χ1v) is 10.4. The molecule has 30 heavy (non-hydrogen) atoms. The van der Waals surface area contributed by atoms with E-state index >= 15 is 0 Å². The Morgan fingerprint density at radius 3 is 2.37 bits per heavy atom. The summed E-state index contributed by atoms with van der Waals surface area (Å²) >= 11 is 0. The van der Waals surface area contributed by atoms with Crippen molar-refractivity contribution < 1.29 is 27.7 Å². The molecule has 0 saturated carbocycles. The van der Waals surface area contributed by atoms with Gasteiger partial charge in [0.25, 0.3) is 5.69 Å². The van der Waals surface area contributed by atoms with Crippen LogP contribution in [0, 0.1) is 10.1 Å². The third-order valence-corrected chi connectivity index (χ3v) is 5.60. The van der Waals surface area contributed by atoms with Gasteiger partial charge in [-0.2, -0.15) is 4.72 Å². The first-order chi connectivity index (χ1) is 14.2. The van der Waals surface area contributed by atoms with Crippen LogP contribution in [0.15, 0.2) is 47.4 Å². The van der Waals surface area contributed by atoms with Gasteiger partial charge in [0.15, 0.2) is 12.4 Å². The van der Waals surface area contributed by atoms with Crippen molar-refractivity contribution in [3.63, 3.8) is 0 Å². The normalized spacial score (nSPS) is 11.0. The second-order valence-electron chi connectivity index (χ2n) is 6.14. The summed E-state index contributed by atoms with van der Waals surface area (Å²) in [6, 6.07) is 10.1. The van der Waals surface area contributed by atoms with Crippen LogP contribution in [0.1, 0.15) is 22.8 Å². The highest BCUT2D eigenvalue weighted by molar-refractivity contribution is 7.89. The predicted molar refractivity (Wildman–Crippen MR) is 109 cm³/mol. The maximum atomic E-state index is 12.3. The SMILES string of the molecule is CCc1ccc(C(=O)COC(=O)CNS(=O)(=O)c2ccc(NC)c([N+](=O)[O-])c2)cc1. The Labute approximate surface area is 173 Å². The van der Waals surface area contributed by atoms with Gasteiger partial charge >= 0.3 is 5.97 Å². The van der Waals surface area contributed by atoms with Crippen LogP contribution in [0.25, 0.3) is 0 Å². The molecule has 0 atom stereocenters. The number of nitro groups is 1. The molecule has 0 fully saturated rings. The van der Waals surface area contributed by atoms with Crippen molar-refractivity contribution >= 4 is 33.2 Å². The van der Waals surface area contributed by atoms with Gasteiger partial charge in [-0.3, -0.25) is 19.7 Å². The zero-order valence-corrected chi connectivity index (χ0v) is 17.2. The molecule has 0 amide bonds. The van der Waals surface area contributed by atoms with E-state index in [1.807, 2.05) is 11.6 Å². The largest absolute Gasteiger partial charge is 0.456 e. The number of hydrogen-bond donors (Lipinski definition) is 2. The lowest BCUT2D eigenvalue weighted by Gasteiger charge is -2.09. The van der Waals surface area contributed by atoms with E-state index in [0.717, 1.165) is 24.1 Å². The zero-order valence-electron chi connectivity index (χ0n) is 16.4. The van der Waals surface area contributed by atoms with Crippen molar-refractivity contribution in [3.8, 4) is 0 Å². The van der Waals surface area contributed by atoms with Crippen molar-refractivity contribution in [2.24, 2.45) is 0 Å². The van der Waals surface area contributed by atoms with Crippen LogP contribution in [0.2, 0.25) is 0 Å². The summed E-state index contributed by atoms with van der Waals surface area (Å²) in [5.41, 5.74) is 1.14. The number of carbonyl (C=O) groups excluding carboxylic acids is 2. The van der Waals surface area contributed by atoms with E-state index in [0.29, 0.717) is 5.56 Å². The number of ether oxygens (including phenoxy) is 1. The molecule has 0 heterocycles. The van der Waals surface area contributed by atoms with Crippen LogP contribution < -0.4 is 10.0 Å². The number of nitrogens with zero attached hydrogens (tertiary/aromatic N) is 1. The highest BCUT2D eigenvalue weighted by Gasteiger charge is 2.22. The molecule has 10 nitrogen and oxygen atoms in total. The van der Waals surface area contributed by atoms with E-state index in [1.54, 1.807) is 24.3 Å². The Morgan fingerprint density at radius 2 is 1.80 bits per heavy atom. The number of rotatable bonds is 10. The molecule has 0 radical (unpaired) electrons. The van der Waals surface area contributed by atoms with Crippen LogP contribution in [0.5, 0.6) is 0 Å². The fourth-order valence-electron chi connectivity index (χ4n) is 2.49. The van der Waals surface area contributed by atoms with Crippen molar-refractivity contribution in [1.82, 2.24) is 4.72 Å². The number of anilines is 1. The molecule has 2 rings (SSSR count). The highest BCUT2D eigenvalue weighted by atomic mass is 32.2. The van der Waals surface area contributed by atoms with Crippen LogP contribution in [0.4, 0.5) is 11.4 Å². The number of ketones is 1. The fourth-order valence-corrected chi connectivity index (χ4v) is 3.47. The van der Waals surface area contributed by atoms with Crippen LogP contribution in [-0.2, 0) is 26.0 Å². The number of nitrogens with one attached hydrogen (secondary N) is 2. The monoisotopic (exact) mass is 435 g/mol. The van der Waals surface area contributed by atoms with Gasteiger partial charge in [-0.1, -0.05) is 31.2 Å². The Morgan fingerprint density at radius 1 is 1.13 bits per heavy atom. The molecule has 0 bridgehead atoms. The molecule has 0 aliphatic rings. The van der Waals surface area contributed by atoms with Gasteiger partial charge in [-0.05, 0) is 24.1 Å². The predicted octanol–water partition coefficient (Wildman–Crippen LogP) is 1.90. The molecule has 0 aromatic heterocycles. The Kier molecular flexibility index (Phi) is 7.61. The molecule has 160 valence electrons. The average Bonchev–Trinajstić information content (AvgIpc) is 2.75. The number of hydrogen-bond acceptors (Lipinski definition) is 8. The summed E-state index contributed by atoms with van der Waals surface area (Å²) in [4.78, 5) is 33.8. The minimum absolute atomic E-state index is 0.142. The van der Waals surface area contributed by atoms with Crippen LogP contribution in [-0.4, -0.2) is 45.3 Å². The van der Waals surface area contributed by atoms with Gasteiger partial charge in [-0.25, -0.2) is 8.42 Å². The Hall–Kier alpha value is -3.31. The first kappa shape index (κ1) is 23.0. The average molecular weight is 435 g/mol. The van der Waals surface area contributed by atoms with Crippen molar-refractivity contribution in [2.45, 2.75) is 18.2 Å². The summed E-state index contributed by atoms with van der Waals surface area (Å²) in [5, 5.41) is 13.7. The molecule has 0 saturated heterocycles. The Balaban J connectivity index is 1.95. The molecule has 2 aromatic carbocycles. The molecule has 0 unspecified atom stereocenters. The minimum Gasteiger partial charge on any atom is -0.456 e. The molecular formula is C19H21N3O7S. The highest BCUT2D eigenvalue weighted by Crippen LogP contribution is 2.26. The molecule has 2 N–H and O–H groups in total. The van der Waals surface area contributed by atoms with Gasteiger partial charge < -0.3 is 10.1 Å². The standard InChI is InChI=1S/C19H21N3O7S/c1-3-13-4-6-14(7-5-13)18(23)12-29-19(24)11-21-30(27,28)15-8-9-16(20-2)17(10-15)22(25)26/h4-10,20-21H,3,11-12H2,1-2H3. The summed E-state index contributed by atoms with van der Waals surface area (Å²) in [5.74, 6) is -1.38. The topological polar surface area (TPSA) is 145 Å². The maximum absolute atomic E-state index is 12.3. The minimum atomic E-state index is -4.20. The molecule has 0 aliphatic heterocycles. The van der Waals surface area contributed by atoms with Crippen molar-refractivity contribution in [3.05, 3.63) is 63.7 Å². The van der Waals surface area contributed by atoms with Gasteiger partial charge in [0.2, 0.25) is 10.0 Å². The molecule has 2 aromatic rings. The summed E-state index contributed by atoms with van der Waals surface area (Å²) < 4.78 is 31.4. The maximum Gasteiger partial charge on any atom is 0.321 e. The third kappa shape index (κ3) is 5.84. The van der Waals surface area contributed by atoms with Gasteiger partial charge in [0.05, 0.1) is 9.82 Å². The lowest BCUT2D eigenvalue weighted by atomic mass is 10.1. The van der Waals surface area contributed by atoms with E-state index in [4.69, 9.17) is 4.74 Å². The second kappa shape index (κ2) is 9.94. The van der Waals surface area contributed by atoms with Gasteiger partial charge in [0, 0.05) is 18.7 Å². The van der Waals surface area contributed by atoms with E-state index in [2.05, 4.69) is 5.32 Å². The van der Waals surface area contributed by atoms with Crippen LogP contribution in [0.3, 0.4) is 0 Å². The number of sulfonamides is 1. The van der Waals surface area contributed by atoms with Crippen molar-refractivity contribution in [1.29, 1.82) is 0 Å². The lowest BCUT2D eigenvalue weighted by Crippen LogP contribution is -2.31. The number of Topliss-reactive ketones (excluding diaryl/α,β-unsaturated/α-hetero) is 1. The van der Waals surface area contributed by atoms with Crippen LogP contribution >= 0.6 is 0 Å². The molecule has 0 spiro atoms. The van der Waals surface area contributed by atoms with E-state index in [1.165, 1.54) is 13.1 Å². The summed E-state index contributed by atoms with van der Waals surface area (Å²) in [6.45, 7) is 0.716. The number of benzene rings is 2. The number of aryl methyl sites for hydroxylation is 1. The summed E-state index contributed by atoms with van der Waals surface area (Å²) in [7, 11) is -2.74. The quantitative estimate of drug-likeness (QED) is 0.249. The second-order valence-corrected chi connectivity index (χ2v) is 7.91. The lowest BCUT2D eigenvalue weighted by molar-refractivity contribution is -0.384. The zero-order chi connectivity index (χ0) is 22.3. The van der Waals surface area contributed by atoms with Gasteiger partial charge in [0.1, 0.15) is 12.2 Å². The fraction of sp³-hybridized carbons (Fsp3) is 0.263. The van der Waals surface area contributed by atoms with E-state index < -0.39 is 45.5 Å². The van der Waals surface area contributed by atoms with E-state index in [9.17, 15) is 28.1 Å². The molecular weight excluding hydrogens is 414 g/mol. The third-order valence-electron chi connectivity index (χ3n) is 4.20. The Bertz CT molecular complexity index is 1050. The van der Waals surface area contributed by atoms with E-state index in [-0.39, 0.29) is 10.6 Å². The molecule has 11 heteroatoms. The number of carbonyl (C=O) groups is 2. The number of esters is 1. The van der Waals surface area contributed by atoms with Gasteiger partial charge in [-0.15, -0.1) is 0 Å². The smallest absolute Gasteiger partial charge is 0.321 e. The van der Waals surface area contributed by atoms with Crippen molar-refractivity contribution in [2.75, 3.05) is 25.5 Å². The first-order valence-electron chi connectivity index (χ1n) is 8.91. The number of nitro benzene ring substituents is 1.